The molecule has 1 aromatic rings. The molecular formula is C15H21NO2. The van der Waals surface area contributed by atoms with Gasteiger partial charge in [-0.15, -0.1) is 0 Å². The summed E-state index contributed by atoms with van der Waals surface area (Å²) in [7, 11) is 0. The van der Waals surface area contributed by atoms with Gasteiger partial charge in [0.1, 0.15) is 6.61 Å². The maximum absolute atomic E-state index is 12.0. The summed E-state index contributed by atoms with van der Waals surface area (Å²) in [4.78, 5) is 14.0. The molecule has 0 unspecified atom stereocenters. The minimum Gasteiger partial charge on any atom is -0.369 e. The number of hydrogen-bond donors (Lipinski definition) is 0. The number of ether oxygens (including phenoxy) is 1. The van der Waals surface area contributed by atoms with E-state index in [1.54, 1.807) is 0 Å². The highest BCUT2D eigenvalue weighted by Gasteiger charge is 2.28. The van der Waals surface area contributed by atoms with E-state index in [-0.39, 0.29) is 18.6 Å². The lowest BCUT2D eigenvalue weighted by Gasteiger charge is -2.36. The molecule has 98 valence electrons. The first-order valence-corrected chi connectivity index (χ1v) is 6.58. The molecular weight excluding hydrogens is 226 g/mol. The normalized spacial score (nSPS) is 20.5. The van der Waals surface area contributed by atoms with Crippen LogP contribution in [0.1, 0.15) is 25.8 Å². The Hall–Kier alpha value is -1.35. The number of morpholine rings is 1. The molecule has 1 amide bonds. The van der Waals surface area contributed by atoms with E-state index in [2.05, 4.69) is 26.0 Å². The first-order valence-electron chi connectivity index (χ1n) is 6.58. The quantitative estimate of drug-likeness (QED) is 0.818. The summed E-state index contributed by atoms with van der Waals surface area (Å²) >= 11 is 0. The lowest BCUT2D eigenvalue weighted by molar-refractivity contribution is -0.149. The Balaban J connectivity index is 2.07. The summed E-state index contributed by atoms with van der Waals surface area (Å²) in [5.74, 6) is 0.679. The monoisotopic (exact) mass is 247 g/mol. The van der Waals surface area contributed by atoms with Gasteiger partial charge in [-0.3, -0.25) is 4.79 Å². The number of carbonyl (C=O) groups is 1. The van der Waals surface area contributed by atoms with Gasteiger partial charge in [-0.1, -0.05) is 44.2 Å². The molecule has 0 aromatic heterocycles. The maximum atomic E-state index is 12.0. The molecule has 0 radical (unpaired) electrons. The molecule has 0 saturated carbocycles. The zero-order chi connectivity index (χ0) is 13.0. The van der Waals surface area contributed by atoms with Crippen molar-refractivity contribution in [3.8, 4) is 0 Å². The third-order valence-electron chi connectivity index (χ3n) is 3.24. The van der Waals surface area contributed by atoms with Crippen molar-refractivity contribution >= 4 is 5.91 Å². The van der Waals surface area contributed by atoms with Crippen LogP contribution in [0.2, 0.25) is 0 Å². The van der Waals surface area contributed by atoms with Crippen molar-refractivity contribution in [3.63, 3.8) is 0 Å². The summed E-state index contributed by atoms with van der Waals surface area (Å²) in [6.07, 6.45) is 0.999. The lowest BCUT2D eigenvalue weighted by Crippen LogP contribution is -2.49. The van der Waals surface area contributed by atoms with E-state index in [1.807, 2.05) is 23.1 Å². The molecule has 1 aliphatic rings. The highest BCUT2D eigenvalue weighted by Crippen LogP contribution is 2.19. The average molecular weight is 247 g/mol. The molecule has 0 aliphatic carbocycles. The molecule has 1 heterocycles. The molecule has 1 aliphatic heterocycles. The molecule has 1 saturated heterocycles. The molecule has 1 aromatic carbocycles. The molecule has 1 fully saturated rings. The van der Waals surface area contributed by atoms with Gasteiger partial charge in [0, 0.05) is 6.54 Å². The number of nitrogens with zero attached hydrogens (tertiary/aromatic N) is 1. The van der Waals surface area contributed by atoms with Crippen molar-refractivity contribution in [2.24, 2.45) is 5.92 Å². The lowest BCUT2D eigenvalue weighted by atomic mass is 10.0. The maximum Gasteiger partial charge on any atom is 0.249 e. The molecule has 18 heavy (non-hydrogen) atoms. The Morgan fingerprint density at radius 3 is 2.72 bits per heavy atom. The third kappa shape index (κ3) is 3.33. The van der Waals surface area contributed by atoms with E-state index in [0.29, 0.717) is 19.1 Å². The number of carbonyl (C=O) groups excluding carboxylic acids is 1. The van der Waals surface area contributed by atoms with E-state index >= 15 is 0 Å². The zero-order valence-corrected chi connectivity index (χ0v) is 11.1. The number of hydrogen-bond acceptors (Lipinski definition) is 2. The first-order chi connectivity index (χ1) is 8.66. The van der Waals surface area contributed by atoms with Gasteiger partial charge < -0.3 is 9.64 Å². The van der Waals surface area contributed by atoms with Crippen LogP contribution >= 0.6 is 0 Å². The smallest absolute Gasteiger partial charge is 0.249 e. The molecule has 3 heteroatoms. The zero-order valence-electron chi connectivity index (χ0n) is 11.1. The Labute approximate surface area is 109 Å². The van der Waals surface area contributed by atoms with Crippen molar-refractivity contribution in [3.05, 3.63) is 35.9 Å². The fourth-order valence-corrected chi connectivity index (χ4v) is 2.40. The molecule has 1 atom stereocenters. The number of benzene rings is 1. The summed E-state index contributed by atoms with van der Waals surface area (Å²) in [6.45, 7) is 5.94. The fraction of sp³-hybridized carbons (Fsp3) is 0.533. The van der Waals surface area contributed by atoms with Gasteiger partial charge in [0.25, 0.3) is 0 Å². The van der Waals surface area contributed by atoms with Crippen LogP contribution in [-0.4, -0.2) is 30.1 Å². The van der Waals surface area contributed by atoms with Crippen molar-refractivity contribution in [1.82, 2.24) is 4.90 Å². The second-order valence-corrected chi connectivity index (χ2v) is 5.31. The van der Waals surface area contributed by atoms with Crippen LogP contribution in [0.3, 0.4) is 0 Å². The fourth-order valence-electron chi connectivity index (χ4n) is 2.40. The molecule has 3 nitrogen and oxygen atoms in total. The van der Waals surface area contributed by atoms with Crippen LogP contribution in [0.5, 0.6) is 0 Å². The SMILES string of the molecule is CC(C)C[C@H]1COCC(=O)N1Cc1ccccc1. The van der Waals surface area contributed by atoms with Crippen LogP contribution in [0.15, 0.2) is 30.3 Å². The van der Waals surface area contributed by atoms with Crippen LogP contribution in [-0.2, 0) is 16.1 Å². The summed E-state index contributed by atoms with van der Waals surface area (Å²) < 4.78 is 5.37. The Kier molecular flexibility index (Phi) is 4.37. The Bertz CT molecular complexity index is 389. The van der Waals surface area contributed by atoms with Crippen molar-refractivity contribution in [2.75, 3.05) is 13.2 Å². The second kappa shape index (κ2) is 6.01. The number of amides is 1. The van der Waals surface area contributed by atoms with E-state index in [4.69, 9.17) is 4.74 Å². The van der Waals surface area contributed by atoms with Crippen molar-refractivity contribution in [2.45, 2.75) is 32.9 Å². The highest BCUT2D eigenvalue weighted by atomic mass is 16.5. The standard InChI is InChI=1S/C15H21NO2/c1-12(2)8-14-10-18-11-15(17)16(14)9-13-6-4-3-5-7-13/h3-7,12,14H,8-11H2,1-2H3/t14-/m0/s1. The Morgan fingerprint density at radius 1 is 1.33 bits per heavy atom. The summed E-state index contributed by atoms with van der Waals surface area (Å²) in [5, 5.41) is 0. The van der Waals surface area contributed by atoms with Gasteiger partial charge in [0.15, 0.2) is 0 Å². The minimum atomic E-state index is 0.107. The number of rotatable bonds is 4. The van der Waals surface area contributed by atoms with Crippen molar-refractivity contribution < 1.29 is 9.53 Å². The predicted octanol–water partition coefficient (Wildman–Crippen LogP) is 2.46. The molecule has 0 N–H and O–H groups in total. The average Bonchev–Trinajstić information content (AvgIpc) is 2.34. The van der Waals surface area contributed by atoms with Crippen LogP contribution in [0.25, 0.3) is 0 Å². The van der Waals surface area contributed by atoms with Crippen LogP contribution in [0.4, 0.5) is 0 Å². The van der Waals surface area contributed by atoms with Gasteiger partial charge in [0.05, 0.1) is 12.6 Å². The highest BCUT2D eigenvalue weighted by molar-refractivity contribution is 5.78. The van der Waals surface area contributed by atoms with E-state index in [9.17, 15) is 4.79 Å². The van der Waals surface area contributed by atoms with Crippen LogP contribution in [0, 0.1) is 5.92 Å². The van der Waals surface area contributed by atoms with Crippen molar-refractivity contribution in [1.29, 1.82) is 0 Å². The van der Waals surface area contributed by atoms with Gasteiger partial charge in [-0.25, -0.2) is 0 Å². The van der Waals surface area contributed by atoms with E-state index < -0.39 is 0 Å². The molecule has 2 rings (SSSR count). The largest absolute Gasteiger partial charge is 0.369 e. The van der Waals surface area contributed by atoms with E-state index in [0.717, 1.165) is 6.42 Å². The topological polar surface area (TPSA) is 29.5 Å². The first kappa shape index (κ1) is 13.1. The van der Waals surface area contributed by atoms with Gasteiger partial charge in [-0.2, -0.15) is 0 Å². The van der Waals surface area contributed by atoms with Gasteiger partial charge in [-0.05, 0) is 17.9 Å². The minimum absolute atomic E-state index is 0.107. The molecule has 0 spiro atoms. The van der Waals surface area contributed by atoms with E-state index in [1.165, 1.54) is 5.56 Å². The van der Waals surface area contributed by atoms with Crippen LogP contribution < -0.4 is 0 Å². The molecule has 0 bridgehead atoms. The second-order valence-electron chi connectivity index (χ2n) is 5.31. The predicted molar refractivity (Wildman–Crippen MR) is 71.1 cm³/mol. The summed E-state index contributed by atoms with van der Waals surface area (Å²) in [6, 6.07) is 10.4. The summed E-state index contributed by atoms with van der Waals surface area (Å²) in [5.41, 5.74) is 1.18. The Morgan fingerprint density at radius 2 is 2.06 bits per heavy atom. The third-order valence-corrected chi connectivity index (χ3v) is 3.24. The van der Waals surface area contributed by atoms with Gasteiger partial charge in [0.2, 0.25) is 5.91 Å². The van der Waals surface area contributed by atoms with Gasteiger partial charge >= 0.3 is 0 Å².